The standard InChI is InChI=1S/C11H9NO2S/c12-7-1-2-8(10(14)5-7)9-3-4-15-11(9)6-13/h1-6,14H,12H2. The summed E-state index contributed by atoms with van der Waals surface area (Å²) in [6.07, 6.45) is 0.787. The van der Waals surface area contributed by atoms with Crippen molar-refractivity contribution in [3.63, 3.8) is 0 Å². The van der Waals surface area contributed by atoms with Gasteiger partial charge in [0.25, 0.3) is 0 Å². The molecule has 0 unspecified atom stereocenters. The monoisotopic (exact) mass is 219 g/mol. The van der Waals surface area contributed by atoms with Crippen molar-refractivity contribution in [2.45, 2.75) is 0 Å². The van der Waals surface area contributed by atoms with Gasteiger partial charge in [0.15, 0.2) is 6.29 Å². The average Bonchev–Trinajstić information content (AvgIpc) is 2.65. The Bertz CT molecular complexity index is 505. The number of benzene rings is 1. The Hall–Kier alpha value is -1.81. The quantitative estimate of drug-likeness (QED) is 0.602. The summed E-state index contributed by atoms with van der Waals surface area (Å²) in [5.41, 5.74) is 7.40. The number of thiophene rings is 1. The van der Waals surface area contributed by atoms with Gasteiger partial charge in [-0.2, -0.15) is 0 Å². The molecule has 1 aromatic heterocycles. The van der Waals surface area contributed by atoms with E-state index < -0.39 is 0 Å². The van der Waals surface area contributed by atoms with Gasteiger partial charge in [-0.05, 0) is 23.6 Å². The Morgan fingerprint density at radius 3 is 2.73 bits per heavy atom. The highest BCUT2D eigenvalue weighted by Crippen LogP contribution is 2.34. The van der Waals surface area contributed by atoms with Crippen LogP contribution in [0.25, 0.3) is 11.1 Å². The summed E-state index contributed by atoms with van der Waals surface area (Å²) in [4.78, 5) is 11.4. The van der Waals surface area contributed by atoms with Crippen LogP contribution in [-0.4, -0.2) is 11.4 Å². The zero-order chi connectivity index (χ0) is 10.8. The highest BCUT2D eigenvalue weighted by atomic mass is 32.1. The van der Waals surface area contributed by atoms with Crippen LogP contribution in [0.4, 0.5) is 5.69 Å². The molecule has 0 aliphatic carbocycles. The summed E-state index contributed by atoms with van der Waals surface area (Å²) in [7, 11) is 0. The summed E-state index contributed by atoms with van der Waals surface area (Å²) < 4.78 is 0. The normalized spacial score (nSPS) is 10.1. The van der Waals surface area contributed by atoms with E-state index in [4.69, 9.17) is 5.73 Å². The number of phenols is 1. The minimum atomic E-state index is 0.0940. The molecule has 76 valence electrons. The van der Waals surface area contributed by atoms with Gasteiger partial charge in [-0.3, -0.25) is 4.79 Å². The van der Waals surface area contributed by atoms with Crippen molar-refractivity contribution < 1.29 is 9.90 Å². The Balaban J connectivity index is 2.59. The fraction of sp³-hybridized carbons (Fsp3) is 0. The number of rotatable bonds is 2. The molecule has 2 aromatic rings. The zero-order valence-electron chi connectivity index (χ0n) is 7.81. The van der Waals surface area contributed by atoms with Crippen molar-refractivity contribution in [1.82, 2.24) is 0 Å². The Morgan fingerprint density at radius 1 is 1.27 bits per heavy atom. The lowest BCUT2D eigenvalue weighted by atomic mass is 10.1. The molecule has 3 N–H and O–H groups in total. The third kappa shape index (κ3) is 1.71. The third-order valence-electron chi connectivity index (χ3n) is 2.11. The number of anilines is 1. The molecular weight excluding hydrogens is 210 g/mol. The smallest absolute Gasteiger partial charge is 0.160 e. The predicted octanol–water partition coefficient (Wildman–Crippen LogP) is 2.52. The van der Waals surface area contributed by atoms with Crippen molar-refractivity contribution in [1.29, 1.82) is 0 Å². The molecule has 0 aliphatic heterocycles. The van der Waals surface area contributed by atoms with Gasteiger partial charge in [-0.25, -0.2) is 0 Å². The van der Waals surface area contributed by atoms with E-state index >= 15 is 0 Å². The van der Waals surface area contributed by atoms with Crippen LogP contribution in [0.1, 0.15) is 9.67 Å². The van der Waals surface area contributed by atoms with Crippen molar-refractivity contribution in [2.75, 3.05) is 5.73 Å². The molecule has 0 saturated carbocycles. The van der Waals surface area contributed by atoms with Crippen molar-refractivity contribution in [2.24, 2.45) is 0 Å². The summed E-state index contributed by atoms with van der Waals surface area (Å²) in [5.74, 6) is 0.0940. The average molecular weight is 219 g/mol. The lowest BCUT2D eigenvalue weighted by molar-refractivity contribution is 0.112. The minimum Gasteiger partial charge on any atom is -0.507 e. The van der Waals surface area contributed by atoms with Gasteiger partial charge < -0.3 is 10.8 Å². The van der Waals surface area contributed by atoms with Crippen LogP contribution < -0.4 is 5.73 Å². The Kier molecular flexibility index (Phi) is 2.43. The predicted molar refractivity (Wildman–Crippen MR) is 61.2 cm³/mol. The highest BCUT2D eigenvalue weighted by Gasteiger charge is 2.09. The van der Waals surface area contributed by atoms with E-state index in [0.717, 1.165) is 11.8 Å². The van der Waals surface area contributed by atoms with E-state index in [1.165, 1.54) is 17.4 Å². The Labute approximate surface area is 90.8 Å². The van der Waals surface area contributed by atoms with Gasteiger partial charge in [0.1, 0.15) is 5.75 Å². The number of nitrogen functional groups attached to an aromatic ring is 1. The van der Waals surface area contributed by atoms with Crippen LogP contribution in [0.3, 0.4) is 0 Å². The second-order valence-corrected chi connectivity index (χ2v) is 4.04. The van der Waals surface area contributed by atoms with Crippen LogP contribution in [0.15, 0.2) is 29.6 Å². The maximum absolute atomic E-state index is 10.7. The summed E-state index contributed by atoms with van der Waals surface area (Å²) in [6, 6.07) is 6.68. The van der Waals surface area contributed by atoms with Gasteiger partial charge in [-0.1, -0.05) is 0 Å². The number of carbonyl (C=O) groups excluding carboxylic acids is 1. The number of aldehydes is 1. The van der Waals surface area contributed by atoms with Gasteiger partial charge in [0.2, 0.25) is 0 Å². The van der Waals surface area contributed by atoms with E-state index in [1.807, 2.05) is 5.38 Å². The van der Waals surface area contributed by atoms with E-state index in [2.05, 4.69) is 0 Å². The van der Waals surface area contributed by atoms with Crippen molar-refractivity contribution in [3.8, 4) is 16.9 Å². The molecule has 1 heterocycles. The first kappa shape index (κ1) is 9.73. The fourth-order valence-corrected chi connectivity index (χ4v) is 2.12. The van der Waals surface area contributed by atoms with E-state index in [1.54, 1.807) is 18.2 Å². The number of hydrogen-bond acceptors (Lipinski definition) is 4. The van der Waals surface area contributed by atoms with Gasteiger partial charge in [-0.15, -0.1) is 11.3 Å². The number of nitrogens with two attached hydrogens (primary N) is 1. The maximum Gasteiger partial charge on any atom is 0.160 e. The minimum absolute atomic E-state index is 0.0940. The van der Waals surface area contributed by atoms with Crippen LogP contribution in [-0.2, 0) is 0 Å². The third-order valence-corrected chi connectivity index (χ3v) is 2.96. The maximum atomic E-state index is 10.7. The number of hydrogen-bond donors (Lipinski definition) is 2. The number of aromatic hydroxyl groups is 1. The van der Waals surface area contributed by atoms with Crippen molar-refractivity contribution >= 4 is 23.3 Å². The number of carbonyl (C=O) groups is 1. The van der Waals surface area contributed by atoms with Gasteiger partial charge in [0, 0.05) is 22.9 Å². The molecule has 0 saturated heterocycles. The molecule has 0 spiro atoms. The molecule has 2 rings (SSSR count). The second kappa shape index (κ2) is 3.74. The summed E-state index contributed by atoms with van der Waals surface area (Å²) in [6.45, 7) is 0. The van der Waals surface area contributed by atoms with Gasteiger partial charge >= 0.3 is 0 Å². The van der Waals surface area contributed by atoms with Gasteiger partial charge in [0.05, 0.1) is 4.88 Å². The molecule has 0 radical (unpaired) electrons. The first-order valence-corrected chi connectivity index (χ1v) is 5.22. The molecule has 15 heavy (non-hydrogen) atoms. The van der Waals surface area contributed by atoms with Crippen LogP contribution in [0.2, 0.25) is 0 Å². The molecule has 0 fully saturated rings. The first-order valence-electron chi connectivity index (χ1n) is 4.34. The number of phenolic OH excluding ortho intramolecular Hbond substituents is 1. The molecule has 0 bridgehead atoms. The van der Waals surface area contributed by atoms with Crippen molar-refractivity contribution in [3.05, 3.63) is 34.5 Å². The zero-order valence-corrected chi connectivity index (χ0v) is 8.62. The lowest BCUT2D eigenvalue weighted by Crippen LogP contribution is -1.86. The molecule has 0 aliphatic rings. The van der Waals surface area contributed by atoms with Crippen LogP contribution in [0.5, 0.6) is 5.75 Å². The topological polar surface area (TPSA) is 63.3 Å². The second-order valence-electron chi connectivity index (χ2n) is 3.09. The van der Waals surface area contributed by atoms with Crippen LogP contribution in [0, 0.1) is 0 Å². The molecule has 0 atom stereocenters. The molecule has 3 nitrogen and oxygen atoms in total. The largest absolute Gasteiger partial charge is 0.507 e. The first-order chi connectivity index (χ1) is 7.22. The summed E-state index contributed by atoms with van der Waals surface area (Å²) >= 11 is 1.35. The fourth-order valence-electron chi connectivity index (χ4n) is 1.41. The highest BCUT2D eigenvalue weighted by molar-refractivity contribution is 7.12. The lowest BCUT2D eigenvalue weighted by Gasteiger charge is -2.04. The Morgan fingerprint density at radius 2 is 2.07 bits per heavy atom. The SMILES string of the molecule is Nc1ccc(-c2ccsc2C=O)c(O)c1. The molecule has 4 heteroatoms. The molecule has 1 aromatic carbocycles. The molecular formula is C11H9NO2S. The summed E-state index contributed by atoms with van der Waals surface area (Å²) in [5, 5.41) is 11.5. The van der Waals surface area contributed by atoms with E-state index in [0.29, 0.717) is 16.1 Å². The van der Waals surface area contributed by atoms with E-state index in [9.17, 15) is 9.90 Å². The van der Waals surface area contributed by atoms with E-state index in [-0.39, 0.29) is 5.75 Å². The van der Waals surface area contributed by atoms with Crippen LogP contribution >= 0.6 is 11.3 Å². The molecule has 0 amide bonds.